The molecule has 2 rings (SSSR count). The highest BCUT2D eigenvalue weighted by Crippen LogP contribution is 2.19. The molecule has 1 amide bonds. The number of carbonyl (C=O) groups is 1. The van der Waals surface area contributed by atoms with Gasteiger partial charge in [-0.05, 0) is 56.3 Å². The fourth-order valence-electron chi connectivity index (χ4n) is 2.01. The highest BCUT2D eigenvalue weighted by molar-refractivity contribution is 7.89. The van der Waals surface area contributed by atoms with Crippen molar-refractivity contribution in [2.24, 2.45) is 0 Å². The lowest BCUT2D eigenvalue weighted by Crippen LogP contribution is -2.47. The first-order valence-electron chi connectivity index (χ1n) is 7.89. The Morgan fingerprint density at radius 3 is 2.41 bits per heavy atom. The molecule has 0 radical (unpaired) electrons. The van der Waals surface area contributed by atoms with Crippen LogP contribution in [-0.2, 0) is 14.8 Å². The average Bonchev–Trinajstić information content (AvgIpc) is 2.61. The molecule has 0 spiro atoms. The number of hydrogen-bond acceptors (Lipinski definition) is 5. The van der Waals surface area contributed by atoms with Gasteiger partial charge in [0.05, 0.1) is 6.61 Å². The van der Waals surface area contributed by atoms with Crippen molar-refractivity contribution in [2.75, 3.05) is 6.61 Å². The summed E-state index contributed by atoms with van der Waals surface area (Å²) in [6.07, 6.45) is -1.01. The van der Waals surface area contributed by atoms with Crippen LogP contribution in [0.25, 0.3) is 0 Å². The summed E-state index contributed by atoms with van der Waals surface area (Å²) >= 11 is 5.59. The minimum absolute atomic E-state index is 0.0489. The molecule has 0 fully saturated rings. The van der Waals surface area contributed by atoms with Crippen molar-refractivity contribution in [1.82, 2.24) is 10.3 Å². The van der Waals surface area contributed by atoms with E-state index in [1.807, 2.05) is 17.2 Å². The smallest absolute Gasteiger partial charge is 0.275 e. The topological polar surface area (TPSA) is 93.7 Å². The van der Waals surface area contributed by atoms with Crippen LogP contribution in [0.15, 0.2) is 47.4 Å². The summed E-state index contributed by atoms with van der Waals surface area (Å²) in [5.41, 5.74) is 1.99. The second-order valence-electron chi connectivity index (χ2n) is 5.33. The van der Waals surface area contributed by atoms with Gasteiger partial charge in [-0.15, -0.1) is 4.83 Å². The maximum absolute atomic E-state index is 13.8. The number of hydrogen-bond donors (Lipinski definition) is 2. The second kappa shape index (κ2) is 9.03. The fourth-order valence-corrected chi connectivity index (χ4v) is 3.07. The summed E-state index contributed by atoms with van der Waals surface area (Å²) in [6.45, 7) is 3.81. The van der Waals surface area contributed by atoms with E-state index >= 15 is 0 Å². The van der Waals surface area contributed by atoms with E-state index in [0.717, 1.165) is 12.1 Å². The summed E-state index contributed by atoms with van der Waals surface area (Å²) in [7, 11) is -4.31. The quantitative estimate of drug-likeness (QED) is 0.645. The normalized spacial score (nSPS) is 12.3. The van der Waals surface area contributed by atoms with Crippen LogP contribution in [0.1, 0.15) is 13.8 Å². The van der Waals surface area contributed by atoms with Crippen molar-refractivity contribution in [3.05, 3.63) is 53.3 Å². The standard InChI is InChI=1S/C17H18ClFN2O5S/c1-3-25-13-5-7-14(8-6-13)26-11(2)17(22)20-21-27(23,24)16-9-4-12(18)10-15(16)19/h4-11,21H,3H2,1-2H3,(H,20,22)/t11-/m0/s1. The maximum Gasteiger partial charge on any atom is 0.275 e. The highest BCUT2D eigenvalue weighted by Gasteiger charge is 2.22. The molecule has 0 saturated carbocycles. The first kappa shape index (κ1) is 20.9. The Hall–Kier alpha value is -2.36. The molecule has 2 aromatic carbocycles. The molecule has 7 nitrogen and oxygen atoms in total. The predicted octanol–water partition coefficient (Wildman–Crippen LogP) is 2.65. The fraction of sp³-hybridized carbons (Fsp3) is 0.235. The van der Waals surface area contributed by atoms with E-state index in [9.17, 15) is 17.6 Å². The number of ether oxygens (including phenoxy) is 2. The molecule has 146 valence electrons. The van der Waals surface area contributed by atoms with Crippen LogP contribution < -0.4 is 19.7 Å². The van der Waals surface area contributed by atoms with E-state index in [4.69, 9.17) is 21.1 Å². The molecule has 0 aliphatic carbocycles. The molecule has 10 heteroatoms. The van der Waals surface area contributed by atoms with Gasteiger partial charge in [0, 0.05) is 5.02 Å². The van der Waals surface area contributed by atoms with Crippen molar-refractivity contribution in [3.8, 4) is 11.5 Å². The molecule has 0 heterocycles. The Bertz CT molecular complexity index is 906. The molecule has 0 aromatic heterocycles. The summed E-state index contributed by atoms with van der Waals surface area (Å²) in [4.78, 5) is 13.2. The minimum Gasteiger partial charge on any atom is -0.494 e. The molecular weight excluding hydrogens is 399 g/mol. The Morgan fingerprint density at radius 1 is 1.19 bits per heavy atom. The Morgan fingerprint density at radius 2 is 1.81 bits per heavy atom. The number of carbonyl (C=O) groups excluding carboxylic acids is 1. The van der Waals surface area contributed by atoms with Gasteiger partial charge in [-0.3, -0.25) is 10.2 Å². The van der Waals surface area contributed by atoms with Crippen LogP contribution in [0.4, 0.5) is 4.39 Å². The molecule has 0 saturated heterocycles. The minimum atomic E-state index is -4.31. The molecule has 2 aromatic rings. The Kier molecular flexibility index (Phi) is 7.00. The third kappa shape index (κ3) is 5.81. The van der Waals surface area contributed by atoms with Crippen LogP contribution in [0, 0.1) is 5.82 Å². The first-order chi connectivity index (χ1) is 12.7. The monoisotopic (exact) mass is 416 g/mol. The molecule has 2 N–H and O–H groups in total. The largest absolute Gasteiger partial charge is 0.494 e. The summed E-state index contributed by atoms with van der Waals surface area (Å²) in [5.74, 6) is -0.753. The number of sulfonamides is 1. The zero-order valence-corrected chi connectivity index (χ0v) is 16.1. The van der Waals surface area contributed by atoms with Gasteiger partial charge in [-0.25, -0.2) is 12.8 Å². The Labute approximate surface area is 161 Å². The van der Waals surface area contributed by atoms with E-state index in [0.29, 0.717) is 18.1 Å². The summed E-state index contributed by atoms with van der Waals surface area (Å²) in [5, 5.41) is 0.0489. The van der Waals surface area contributed by atoms with E-state index in [1.165, 1.54) is 13.0 Å². The third-order valence-corrected chi connectivity index (χ3v) is 4.82. The van der Waals surface area contributed by atoms with Crippen LogP contribution >= 0.6 is 11.6 Å². The van der Waals surface area contributed by atoms with Gasteiger partial charge >= 0.3 is 0 Å². The summed E-state index contributed by atoms with van der Waals surface area (Å²) < 4.78 is 48.6. The predicted molar refractivity (Wildman–Crippen MR) is 97.6 cm³/mol. The van der Waals surface area contributed by atoms with Crippen LogP contribution in [0.2, 0.25) is 5.02 Å². The van der Waals surface area contributed by atoms with E-state index in [1.54, 1.807) is 24.3 Å². The molecular formula is C17H18ClFN2O5S. The molecule has 0 aliphatic rings. The van der Waals surface area contributed by atoms with Crippen molar-refractivity contribution < 1.29 is 27.1 Å². The summed E-state index contributed by atoms with van der Waals surface area (Å²) in [6, 6.07) is 9.65. The number of halogens is 2. The molecule has 0 aliphatic heterocycles. The van der Waals surface area contributed by atoms with Gasteiger partial charge in [-0.1, -0.05) is 11.6 Å². The lowest BCUT2D eigenvalue weighted by Gasteiger charge is -2.15. The lowest BCUT2D eigenvalue weighted by molar-refractivity contribution is -0.127. The van der Waals surface area contributed by atoms with E-state index in [-0.39, 0.29) is 5.02 Å². The number of amides is 1. The molecule has 0 unspecified atom stereocenters. The van der Waals surface area contributed by atoms with Crippen molar-refractivity contribution in [3.63, 3.8) is 0 Å². The number of benzene rings is 2. The second-order valence-corrected chi connectivity index (χ2v) is 7.42. The number of nitrogens with one attached hydrogen (secondary N) is 2. The van der Waals surface area contributed by atoms with Gasteiger partial charge in [-0.2, -0.15) is 0 Å². The van der Waals surface area contributed by atoms with Gasteiger partial charge in [0.2, 0.25) is 0 Å². The van der Waals surface area contributed by atoms with Gasteiger partial charge in [0.25, 0.3) is 15.9 Å². The molecule has 27 heavy (non-hydrogen) atoms. The maximum atomic E-state index is 13.8. The third-order valence-electron chi connectivity index (χ3n) is 3.31. The van der Waals surface area contributed by atoms with Crippen molar-refractivity contribution >= 4 is 27.5 Å². The zero-order valence-electron chi connectivity index (χ0n) is 14.5. The molecule has 0 bridgehead atoms. The average molecular weight is 417 g/mol. The first-order valence-corrected chi connectivity index (χ1v) is 9.75. The SMILES string of the molecule is CCOc1ccc(O[C@@H](C)C(=O)NNS(=O)(=O)c2ccc(Cl)cc2F)cc1. The highest BCUT2D eigenvalue weighted by atomic mass is 35.5. The van der Waals surface area contributed by atoms with Crippen molar-refractivity contribution in [1.29, 1.82) is 0 Å². The van der Waals surface area contributed by atoms with Crippen LogP contribution in [0.3, 0.4) is 0 Å². The molecule has 1 atom stereocenters. The van der Waals surface area contributed by atoms with Gasteiger partial charge in [0.15, 0.2) is 6.10 Å². The zero-order chi connectivity index (χ0) is 20.0. The van der Waals surface area contributed by atoms with E-state index < -0.39 is 32.7 Å². The van der Waals surface area contributed by atoms with Gasteiger partial charge in [0.1, 0.15) is 22.2 Å². The number of rotatable bonds is 8. The van der Waals surface area contributed by atoms with Gasteiger partial charge < -0.3 is 9.47 Å². The van der Waals surface area contributed by atoms with E-state index in [2.05, 4.69) is 0 Å². The Balaban J connectivity index is 1.95. The number of hydrazine groups is 1. The van der Waals surface area contributed by atoms with Crippen LogP contribution in [0.5, 0.6) is 11.5 Å². The van der Waals surface area contributed by atoms with Crippen molar-refractivity contribution in [2.45, 2.75) is 24.8 Å². The van der Waals surface area contributed by atoms with Crippen LogP contribution in [-0.4, -0.2) is 27.0 Å². The lowest BCUT2D eigenvalue weighted by atomic mass is 10.3.